The van der Waals surface area contributed by atoms with E-state index in [0.29, 0.717) is 0 Å². The molecule has 2 N–H and O–H groups in total. The second-order valence-electron chi connectivity index (χ2n) is 4.98. The first-order valence-corrected chi connectivity index (χ1v) is 7.05. The Balaban J connectivity index is 2.05. The summed E-state index contributed by atoms with van der Waals surface area (Å²) in [4.78, 5) is 0. The summed E-state index contributed by atoms with van der Waals surface area (Å²) in [6, 6.07) is 2.07. The molecule has 0 fully saturated rings. The molecule has 1 heterocycles. The fraction of sp³-hybridized carbons (Fsp3) is 0.733. The number of hydrogen-bond acceptors (Lipinski definition) is 2. The highest BCUT2D eigenvalue weighted by molar-refractivity contribution is 5.17. The number of furan rings is 1. The molecular formula is C15H27NO. The zero-order chi connectivity index (χ0) is 12.5. The lowest BCUT2D eigenvalue weighted by atomic mass is 10.0. The number of nitrogens with two attached hydrogens (primary N) is 1. The Bertz CT molecular complexity index is 293. The molecule has 1 rings (SSSR count). The minimum absolute atomic E-state index is 0.0839. The predicted molar refractivity (Wildman–Crippen MR) is 73.0 cm³/mol. The molecule has 98 valence electrons. The molecule has 0 amide bonds. The first-order chi connectivity index (χ1) is 8.25. The maximum atomic E-state index is 6.11. The number of hydrogen-bond donors (Lipinski definition) is 1. The highest BCUT2D eigenvalue weighted by Crippen LogP contribution is 2.21. The van der Waals surface area contributed by atoms with Crippen LogP contribution in [0.1, 0.15) is 75.7 Å². The van der Waals surface area contributed by atoms with Gasteiger partial charge in [0.25, 0.3) is 0 Å². The van der Waals surface area contributed by atoms with Gasteiger partial charge in [0, 0.05) is 0 Å². The molecule has 1 aromatic rings. The Morgan fingerprint density at radius 1 is 1.12 bits per heavy atom. The molecule has 0 saturated heterocycles. The smallest absolute Gasteiger partial charge is 0.123 e. The zero-order valence-electron chi connectivity index (χ0n) is 11.4. The first-order valence-electron chi connectivity index (χ1n) is 7.05. The van der Waals surface area contributed by atoms with Crippen LogP contribution in [0.15, 0.2) is 16.7 Å². The van der Waals surface area contributed by atoms with Gasteiger partial charge in [-0.2, -0.15) is 0 Å². The van der Waals surface area contributed by atoms with E-state index in [2.05, 4.69) is 13.8 Å². The van der Waals surface area contributed by atoms with Gasteiger partial charge in [0.1, 0.15) is 5.76 Å². The van der Waals surface area contributed by atoms with Crippen molar-refractivity contribution in [1.29, 1.82) is 0 Å². The third-order valence-corrected chi connectivity index (χ3v) is 3.36. The predicted octanol–water partition coefficient (Wildman–Crippen LogP) is 4.73. The summed E-state index contributed by atoms with van der Waals surface area (Å²) < 4.78 is 5.41. The Labute approximate surface area is 106 Å². The summed E-state index contributed by atoms with van der Waals surface area (Å²) in [6.45, 7) is 4.31. The molecule has 2 heteroatoms. The van der Waals surface area contributed by atoms with E-state index < -0.39 is 0 Å². The van der Waals surface area contributed by atoms with Gasteiger partial charge in [-0.25, -0.2) is 0 Å². The highest BCUT2D eigenvalue weighted by Gasteiger charge is 2.11. The van der Waals surface area contributed by atoms with Gasteiger partial charge < -0.3 is 10.2 Å². The van der Waals surface area contributed by atoms with Crippen LogP contribution < -0.4 is 5.73 Å². The first kappa shape index (κ1) is 14.3. The van der Waals surface area contributed by atoms with Crippen molar-refractivity contribution in [1.82, 2.24) is 0 Å². The van der Waals surface area contributed by atoms with Crippen molar-refractivity contribution in [3.8, 4) is 0 Å². The van der Waals surface area contributed by atoms with Crippen LogP contribution in [0, 0.1) is 6.92 Å². The second kappa shape index (κ2) is 8.35. The largest absolute Gasteiger partial charge is 0.467 e. The van der Waals surface area contributed by atoms with E-state index in [4.69, 9.17) is 10.2 Å². The van der Waals surface area contributed by atoms with Gasteiger partial charge in [-0.05, 0) is 25.0 Å². The summed E-state index contributed by atoms with van der Waals surface area (Å²) in [6.07, 6.45) is 12.1. The monoisotopic (exact) mass is 237 g/mol. The summed E-state index contributed by atoms with van der Waals surface area (Å²) in [5.74, 6) is 0.969. The molecule has 0 spiro atoms. The number of rotatable bonds is 9. The van der Waals surface area contributed by atoms with E-state index in [-0.39, 0.29) is 6.04 Å². The van der Waals surface area contributed by atoms with Gasteiger partial charge in [0.15, 0.2) is 0 Å². The Kier molecular flexibility index (Phi) is 7.02. The third-order valence-electron chi connectivity index (χ3n) is 3.36. The molecular weight excluding hydrogens is 210 g/mol. The summed E-state index contributed by atoms with van der Waals surface area (Å²) >= 11 is 0. The average Bonchev–Trinajstić information content (AvgIpc) is 2.74. The zero-order valence-corrected chi connectivity index (χ0v) is 11.4. The highest BCUT2D eigenvalue weighted by atomic mass is 16.3. The van der Waals surface area contributed by atoms with Crippen molar-refractivity contribution in [2.45, 2.75) is 71.3 Å². The molecule has 1 aromatic heterocycles. The van der Waals surface area contributed by atoms with Crippen molar-refractivity contribution in [3.05, 3.63) is 23.7 Å². The van der Waals surface area contributed by atoms with Crippen molar-refractivity contribution in [2.24, 2.45) is 5.73 Å². The van der Waals surface area contributed by atoms with E-state index in [1.807, 2.05) is 6.07 Å². The lowest BCUT2D eigenvalue weighted by Crippen LogP contribution is -2.10. The Morgan fingerprint density at radius 2 is 1.76 bits per heavy atom. The van der Waals surface area contributed by atoms with Gasteiger partial charge in [-0.1, -0.05) is 51.9 Å². The van der Waals surface area contributed by atoms with Gasteiger partial charge in [-0.15, -0.1) is 0 Å². The minimum atomic E-state index is 0.0839. The van der Waals surface area contributed by atoms with E-state index in [9.17, 15) is 0 Å². The SMILES string of the molecule is CCCCCCCCCC(N)c1occc1C. The molecule has 0 aliphatic rings. The van der Waals surface area contributed by atoms with Crippen molar-refractivity contribution in [2.75, 3.05) is 0 Å². The Morgan fingerprint density at radius 3 is 2.35 bits per heavy atom. The summed E-state index contributed by atoms with van der Waals surface area (Å²) in [5.41, 5.74) is 7.29. The molecule has 2 nitrogen and oxygen atoms in total. The van der Waals surface area contributed by atoms with Gasteiger partial charge >= 0.3 is 0 Å². The van der Waals surface area contributed by atoms with Gasteiger partial charge in [-0.3, -0.25) is 0 Å². The van der Waals surface area contributed by atoms with Gasteiger partial charge in [0.05, 0.1) is 12.3 Å². The molecule has 1 atom stereocenters. The maximum Gasteiger partial charge on any atom is 0.123 e. The fourth-order valence-corrected chi connectivity index (χ4v) is 2.22. The topological polar surface area (TPSA) is 39.2 Å². The lowest BCUT2D eigenvalue weighted by Gasteiger charge is -2.09. The van der Waals surface area contributed by atoms with E-state index >= 15 is 0 Å². The van der Waals surface area contributed by atoms with Crippen molar-refractivity contribution in [3.63, 3.8) is 0 Å². The van der Waals surface area contributed by atoms with Gasteiger partial charge in [0.2, 0.25) is 0 Å². The third kappa shape index (κ3) is 5.40. The van der Waals surface area contributed by atoms with Crippen LogP contribution >= 0.6 is 0 Å². The molecule has 0 saturated carbocycles. The standard InChI is InChI=1S/C15H27NO/c1-3-4-5-6-7-8-9-10-14(16)15-13(2)11-12-17-15/h11-12,14H,3-10,16H2,1-2H3. The Hall–Kier alpha value is -0.760. The van der Waals surface area contributed by atoms with Crippen LogP contribution in [0.2, 0.25) is 0 Å². The molecule has 0 radical (unpaired) electrons. The van der Waals surface area contributed by atoms with Crippen LogP contribution in [0.5, 0.6) is 0 Å². The lowest BCUT2D eigenvalue weighted by molar-refractivity contribution is 0.435. The van der Waals surface area contributed by atoms with Crippen LogP contribution in [0.3, 0.4) is 0 Å². The second-order valence-corrected chi connectivity index (χ2v) is 4.98. The molecule has 17 heavy (non-hydrogen) atoms. The van der Waals surface area contributed by atoms with Crippen molar-refractivity contribution < 1.29 is 4.42 Å². The van der Waals surface area contributed by atoms with Crippen molar-refractivity contribution >= 4 is 0 Å². The fourth-order valence-electron chi connectivity index (χ4n) is 2.22. The van der Waals surface area contributed by atoms with E-state index in [1.165, 1.54) is 50.5 Å². The van der Waals surface area contributed by atoms with Crippen LogP contribution in [-0.2, 0) is 0 Å². The molecule has 0 aliphatic carbocycles. The van der Waals surface area contributed by atoms with Crippen LogP contribution in [0.25, 0.3) is 0 Å². The average molecular weight is 237 g/mol. The minimum Gasteiger partial charge on any atom is -0.467 e. The van der Waals surface area contributed by atoms with E-state index in [0.717, 1.165) is 12.2 Å². The molecule has 0 bridgehead atoms. The van der Waals surface area contributed by atoms with E-state index in [1.54, 1.807) is 6.26 Å². The molecule has 0 aromatic carbocycles. The molecule has 1 unspecified atom stereocenters. The quantitative estimate of drug-likeness (QED) is 0.631. The van der Waals surface area contributed by atoms with Crippen LogP contribution in [-0.4, -0.2) is 0 Å². The number of aryl methyl sites for hydroxylation is 1. The molecule has 0 aliphatic heterocycles. The van der Waals surface area contributed by atoms with Crippen LogP contribution in [0.4, 0.5) is 0 Å². The normalized spacial score (nSPS) is 12.9. The maximum absolute atomic E-state index is 6.11. The number of unbranched alkanes of at least 4 members (excludes halogenated alkanes) is 6. The summed E-state index contributed by atoms with van der Waals surface area (Å²) in [7, 11) is 0. The summed E-state index contributed by atoms with van der Waals surface area (Å²) in [5, 5.41) is 0.